The highest BCUT2D eigenvalue weighted by Crippen LogP contribution is 2.20. The van der Waals surface area contributed by atoms with Gasteiger partial charge < -0.3 is 11.1 Å². The zero-order chi connectivity index (χ0) is 20.1. The van der Waals surface area contributed by atoms with Crippen molar-refractivity contribution in [1.29, 1.82) is 0 Å². The van der Waals surface area contributed by atoms with E-state index in [1.54, 1.807) is 24.3 Å². The number of primary amides is 1. The molecule has 0 bridgehead atoms. The van der Waals surface area contributed by atoms with Gasteiger partial charge >= 0.3 is 0 Å². The Labute approximate surface area is 170 Å². The van der Waals surface area contributed by atoms with Crippen molar-refractivity contribution in [3.63, 3.8) is 0 Å². The minimum Gasteiger partial charge on any atom is -0.366 e. The molecule has 6 nitrogen and oxygen atoms in total. The third kappa shape index (κ3) is 5.32. The van der Waals surface area contributed by atoms with Gasteiger partial charge in [-0.15, -0.1) is 0 Å². The van der Waals surface area contributed by atoms with E-state index in [0.717, 1.165) is 48.9 Å². The Balaban J connectivity index is 1.49. The number of amides is 2. The lowest BCUT2D eigenvalue weighted by Crippen LogP contribution is -2.48. The minimum atomic E-state index is -0.556. The molecule has 2 aromatic carbocycles. The predicted octanol–water partition coefficient (Wildman–Crippen LogP) is 2.50. The molecular formula is C21H25ClN4O2. The van der Waals surface area contributed by atoms with Crippen molar-refractivity contribution < 1.29 is 9.59 Å². The summed E-state index contributed by atoms with van der Waals surface area (Å²) in [4.78, 5) is 28.3. The smallest absolute Gasteiger partial charge is 0.250 e. The maximum Gasteiger partial charge on any atom is 0.250 e. The molecule has 2 amide bonds. The number of nitrogens with two attached hydrogens (primary N) is 1. The lowest BCUT2D eigenvalue weighted by Gasteiger charge is -2.34. The molecule has 0 unspecified atom stereocenters. The maximum atomic E-state index is 12.4. The van der Waals surface area contributed by atoms with Gasteiger partial charge in [0.1, 0.15) is 0 Å². The van der Waals surface area contributed by atoms with Gasteiger partial charge in [-0.2, -0.15) is 0 Å². The highest BCUT2D eigenvalue weighted by Gasteiger charge is 2.20. The van der Waals surface area contributed by atoms with Crippen LogP contribution >= 0.6 is 11.6 Å². The number of nitrogens with zero attached hydrogens (tertiary/aromatic N) is 2. The number of carbonyl (C=O) groups is 2. The Bertz CT molecular complexity index is 863. The van der Waals surface area contributed by atoms with Crippen molar-refractivity contribution in [3.05, 3.63) is 64.2 Å². The van der Waals surface area contributed by atoms with Gasteiger partial charge in [-0.3, -0.25) is 19.4 Å². The number of rotatable bonds is 6. The molecule has 3 rings (SSSR count). The van der Waals surface area contributed by atoms with E-state index < -0.39 is 5.91 Å². The summed E-state index contributed by atoms with van der Waals surface area (Å²) in [6.45, 7) is 6.46. The molecular weight excluding hydrogens is 376 g/mol. The molecule has 0 aliphatic carbocycles. The second-order valence-corrected chi connectivity index (χ2v) is 7.51. The summed E-state index contributed by atoms with van der Waals surface area (Å²) < 4.78 is 0. The van der Waals surface area contributed by atoms with Gasteiger partial charge in [0, 0.05) is 37.7 Å². The third-order valence-electron chi connectivity index (χ3n) is 4.90. The van der Waals surface area contributed by atoms with Gasteiger partial charge in [-0.1, -0.05) is 35.9 Å². The van der Waals surface area contributed by atoms with Crippen molar-refractivity contribution in [3.8, 4) is 0 Å². The normalized spacial score (nSPS) is 15.4. The van der Waals surface area contributed by atoms with Crippen LogP contribution in [0.5, 0.6) is 0 Å². The van der Waals surface area contributed by atoms with Crippen LogP contribution in [0.1, 0.15) is 21.5 Å². The van der Waals surface area contributed by atoms with Gasteiger partial charge in [-0.05, 0) is 36.2 Å². The summed E-state index contributed by atoms with van der Waals surface area (Å²) in [5, 5.41) is 3.59. The standard InChI is InChI=1S/C21H25ClN4O2/c1-15-6-7-16(18(22)12-15)13-25-8-10-26(11-9-25)14-20(27)24-19-5-3-2-4-17(19)21(23)28/h2-7,12H,8-11,13-14H2,1H3,(H2,23,28)(H,24,27). The van der Waals surface area contributed by atoms with Crippen LogP contribution in [0.3, 0.4) is 0 Å². The van der Waals surface area contributed by atoms with E-state index in [0.29, 0.717) is 11.3 Å². The van der Waals surface area contributed by atoms with Gasteiger partial charge in [-0.25, -0.2) is 0 Å². The van der Waals surface area contributed by atoms with Gasteiger partial charge in [0.15, 0.2) is 0 Å². The topological polar surface area (TPSA) is 78.7 Å². The molecule has 0 saturated carbocycles. The molecule has 0 atom stereocenters. The Morgan fingerprint density at radius 2 is 1.75 bits per heavy atom. The summed E-state index contributed by atoms with van der Waals surface area (Å²) in [5.41, 5.74) is 8.40. The molecule has 7 heteroatoms. The highest BCUT2D eigenvalue weighted by atomic mass is 35.5. The molecule has 1 aliphatic heterocycles. The molecule has 1 saturated heterocycles. The number of halogens is 1. The van der Waals surface area contributed by atoms with Crippen LogP contribution in [-0.4, -0.2) is 54.3 Å². The number of anilines is 1. The fourth-order valence-corrected chi connectivity index (χ4v) is 3.62. The van der Waals surface area contributed by atoms with E-state index in [9.17, 15) is 9.59 Å². The molecule has 0 spiro atoms. The van der Waals surface area contributed by atoms with Crippen LogP contribution in [0.2, 0.25) is 5.02 Å². The number of benzene rings is 2. The van der Waals surface area contributed by atoms with Crippen LogP contribution < -0.4 is 11.1 Å². The Morgan fingerprint density at radius 3 is 2.43 bits per heavy atom. The first-order chi connectivity index (χ1) is 13.4. The van der Waals surface area contributed by atoms with Crippen molar-refractivity contribution in [2.24, 2.45) is 5.73 Å². The Kier molecular flexibility index (Phi) is 6.67. The Hall–Kier alpha value is -2.41. The fraction of sp³-hybridized carbons (Fsp3) is 0.333. The summed E-state index contributed by atoms with van der Waals surface area (Å²) in [6.07, 6.45) is 0. The Morgan fingerprint density at radius 1 is 1.07 bits per heavy atom. The van der Waals surface area contributed by atoms with E-state index in [-0.39, 0.29) is 12.5 Å². The van der Waals surface area contributed by atoms with Gasteiger partial charge in [0.05, 0.1) is 17.8 Å². The quantitative estimate of drug-likeness (QED) is 0.780. The SMILES string of the molecule is Cc1ccc(CN2CCN(CC(=O)Nc3ccccc3C(N)=O)CC2)c(Cl)c1. The van der Waals surface area contributed by atoms with E-state index in [4.69, 9.17) is 17.3 Å². The van der Waals surface area contributed by atoms with Crippen LogP contribution in [-0.2, 0) is 11.3 Å². The van der Waals surface area contributed by atoms with E-state index in [1.165, 1.54) is 0 Å². The third-order valence-corrected chi connectivity index (χ3v) is 5.25. The van der Waals surface area contributed by atoms with E-state index >= 15 is 0 Å². The summed E-state index contributed by atoms with van der Waals surface area (Å²) in [6, 6.07) is 12.9. The maximum absolute atomic E-state index is 12.4. The lowest BCUT2D eigenvalue weighted by molar-refractivity contribution is -0.117. The van der Waals surface area contributed by atoms with E-state index in [1.807, 2.05) is 13.0 Å². The largest absolute Gasteiger partial charge is 0.366 e. The average Bonchev–Trinajstić information content (AvgIpc) is 2.65. The lowest BCUT2D eigenvalue weighted by atomic mass is 10.1. The van der Waals surface area contributed by atoms with Crippen LogP contribution in [0.15, 0.2) is 42.5 Å². The van der Waals surface area contributed by atoms with Crippen LogP contribution in [0, 0.1) is 6.92 Å². The minimum absolute atomic E-state index is 0.149. The number of para-hydroxylation sites is 1. The van der Waals surface area contributed by atoms with Crippen molar-refractivity contribution in [1.82, 2.24) is 9.80 Å². The second kappa shape index (κ2) is 9.19. The van der Waals surface area contributed by atoms with E-state index in [2.05, 4.69) is 27.2 Å². The first-order valence-corrected chi connectivity index (χ1v) is 9.68. The predicted molar refractivity (Wildman–Crippen MR) is 111 cm³/mol. The van der Waals surface area contributed by atoms with Crippen molar-refractivity contribution in [2.75, 3.05) is 38.0 Å². The summed E-state index contributed by atoms with van der Waals surface area (Å²) in [5.74, 6) is -0.706. The molecule has 28 heavy (non-hydrogen) atoms. The zero-order valence-corrected chi connectivity index (χ0v) is 16.7. The van der Waals surface area contributed by atoms with Gasteiger partial charge in [0.2, 0.25) is 5.91 Å². The van der Waals surface area contributed by atoms with Crippen molar-refractivity contribution in [2.45, 2.75) is 13.5 Å². The number of carbonyl (C=O) groups excluding carboxylic acids is 2. The molecule has 148 valence electrons. The second-order valence-electron chi connectivity index (χ2n) is 7.11. The molecule has 0 radical (unpaired) electrons. The molecule has 1 fully saturated rings. The molecule has 0 aromatic heterocycles. The molecule has 3 N–H and O–H groups in total. The monoisotopic (exact) mass is 400 g/mol. The zero-order valence-electron chi connectivity index (χ0n) is 16.0. The van der Waals surface area contributed by atoms with Crippen LogP contribution in [0.4, 0.5) is 5.69 Å². The van der Waals surface area contributed by atoms with Crippen LogP contribution in [0.25, 0.3) is 0 Å². The molecule has 1 heterocycles. The number of aryl methyl sites for hydroxylation is 1. The number of piperazine rings is 1. The molecule has 2 aromatic rings. The fourth-order valence-electron chi connectivity index (χ4n) is 3.33. The first kappa shape index (κ1) is 20.3. The highest BCUT2D eigenvalue weighted by molar-refractivity contribution is 6.31. The van der Waals surface area contributed by atoms with Gasteiger partial charge in [0.25, 0.3) is 5.91 Å². The summed E-state index contributed by atoms with van der Waals surface area (Å²) in [7, 11) is 0. The van der Waals surface area contributed by atoms with Crippen molar-refractivity contribution >= 4 is 29.1 Å². The molecule has 1 aliphatic rings. The number of nitrogens with one attached hydrogen (secondary N) is 1. The number of hydrogen-bond donors (Lipinski definition) is 2. The average molecular weight is 401 g/mol. The summed E-state index contributed by atoms with van der Waals surface area (Å²) >= 11 is 6.34. The number of hydrogen-bond acceptors (Lipinski definition) is 4. The first-order valence-electron chi connectivity index (χ1n) is 9.31.